The van der Waals surface area contributed by atoms with Gasteiger partial charge in [-0.25, -0.2) is 9.59 Å². The molecule has 1 saturated carbocycles. The van der Waals surface area contributed by atoms with Crippen LogP contribution in [0.4, 0.5) is 4.79 Å². The largest absolute Gasteiger partial charge is 0.461 e. The van der Waals surface area contributed by atoms with E-state index in [1.165, 1.54) is 6.42 Å². The molecule has 0 aromatic heterocycles. The van der Waals surface area contributed by atoms with Crippen LogP contribution < -0.4 is 5.32 Å². The second-order valence-corrected chi connectivity index (χ2v) is 6.16. The molecule has 23 heavy (non-hydrogen) atoms. The topological polar surface area (TPSA) is 64.6 Å². The third-order valence-corrected chi connectivity index (χ3v) is 4.20. The number of hydrogen-bond donors (Lipinski definition) is 1. The first kappa shape index (κ1) is 17.3. The van der Waals surface area contributed by atoms with Crippen LogP contribution in [-0.4, -0.2) is 24.2 Å². The van der Waals surface area contributed by atoms with Gasteiger partial charge in [0.2, 0.25) is 0 Å². The van der Waals surface area contributed by atoms with E-state index in [4.69, 9.17) is 9.47 Å². The lowest BCUT2D eigenvalue weighted by Crippen LogP contribution is -2.42. The van der Waals surface area contributed by atoms with E-state index in [2.05, 4.69) is 12.2 Å². The number of nitrogens with one attached hydrogen (secondary N) is 1. The van der Waals surface area contributed by atoms with E-state index < -0.39 is 18.1 Å². The van der Waals surface area contributed by atoms with Crippen molar-refractivity contribution in [2.24, 2.45) is 5.92 Å². The Morgan fingerprint density at radius 1 is 1.22 bits per heavy atom. The third kappa shape index (κ3) is 5.58. The van der Waals surface area contributed by atoms with Gasteiger partial charge in [-0.05, 0) is 37.7 Å². The molecule has 5 nitrogen and oxygen atoms in total. The Kier molecular flexibility index (Phi) is 6.44. The lowest BCUT2D eigenvalue weighted by atomic mass is 9.88. The predicted octanol–water partition coefficient (Wildman–Crippen LogP) is 3.42. The highest BCUT2D eigenvalue weighted by molar-refractivity contribution is 5.81. The van der Waals surface area contributed by atoms with Crippen molar-refractivity contribution in [2.75, 3.05) is 0 Å². The van der Waals surface area contributed by atoms with Gasteiger partial charge in [0.25, 0.3) is 0 Å². The number of amides is 1. The molecule has 0 aliphatic heterocycles. The number of carbonyl (C=O) groups excluding carboxylic acids is 2. The Hall–Kier alpha value is -2.04. The molecule has 1 aromatic carbocycles. The monoisotopic (exact) mass is 319 g/mol. The first-order chi connectivity index (χ1) is 11.1. The van der Waals surface area contributed by atoms with Crippen LogP contribution in [-0.2, 0) is 20.9 Å². The van der Waals surface area contributed by atoms with Crippen molar-refractivity contribution in [3.8, 4) is 0 Å². The summed E-state index contributed by atoms with van der Waals surface area (Å²) in [6.45, 7) is 3.89. The van der Waals surface area contributed by atoms with Gasteiger partial charge in [0.15, 0.2) is 0 Å². The van der Waals surface area contributed by atoms with Gasteiger partial charge in [-0.1, -0.05) is 43.7 Å². The summed E-state index contributed by atoms with van der Waals surface area (Å²) < 4.78 is 10.6. The zero-order valence-electron chi connectivity index (χ0n) is 13.8. The molecule has 2 rings (SSSR count). The molecule has 0 heterocycles. The van der Waals surface area contributed by atoms with Gasteiger partial charge in [0, 0.05) is 0 Å². The molecule has 1 aliphatic carbocycles. The standard InChI is InChI=1S/C18H25NO4/c1-13-8-6-7-11-16(13)23-17(20)14(2)19-18(21)22-12-15-9-4-3-5-10-15/h3-5,9-10,13-14,16H,6-8,11-12H2,1-2H3,(H,19,21)/t13?,14-,16?/m1/s1. The Morgan fingerprint density at radius 3 is 2.61 bits per heavy atom. The van der Waals surface area contributed by atoms with Crippen LogP contribution in [0.5, 0.6) is 0 Å². The summed E-state index contributed by atoms with van der Waals surface area (Å²) in [5.41, 5.74) is 0.897. The van der Waals surface area contributed by atoms with Gasteiger partial charge in [0.1, 0.15) is 18.8 Å². The zero-order valence-corrected chi connectivity index (χ0v) is 13.8. The van der Waals surface area contributed by atoms with Crippen LogP contribution in [0, 0.1) is 5.92 Å². The first-order valence-corrected chi connectivity index (χ1v) is 8.24. The van der Waals surface area contributed by atoms with E-state index in [1.807, 2.05) is 30.3 Å². The molecule has 0 radical (unpaired) electrons. The molecule has 0 bridgehead atoms. The highest BCUT2D eigenvalue weighted by atomic mass is 16.6. The van der Waals surface area contributed by atoms with Crippen LogP contribution in [0.3, 0.4) is 0 Å². The van der Waals surface area contributed by atoms with Crippen molar-refractivity contribution in [3.05, 3.63) is 35.9 Å². The van der Waals surface area contributed by atoms with Crippen LogP contribution in [0.15, 0.2) is 30.3 Å². The Bertz CT molecular complexity index is 517. The van der Waals surface area contributed by atoms with Gasteiger partial charge in [0.05, 0.1) is 0 Å². The summed E-state index contributed by atoms with van der Waals surface area (Å²) in [5, 5.41) is 2.52. The van der Waals surface area contributed by atoms with Gasteiger partial charge in [-0.2, -0.15) is 0 Å². The smallest absolute Gasteiger partial charge is 0.408 e. The minimum atomic E-state index is -0.715. The Balaban J connectivity index is 1.73. The minimum absolute atomic E-state index is 0.0409. The van der Waals surface area contributed by atoms with Gasteiger partial charge in [-0.3, -0.25) is 0 Å². The summed E-state index contributed by atoms with van der Waals surface area (Å²) in [5.74, 6) is -0.0228. The van der Waals surface area contributed by atoms with Gasteiger partial charge < -0.3 is 14.8 Å². The summed E-state index contributed by atoms with van der Waals surface area (Å²) in [6.07, 6.45) is 3.60. The fraction of sp³-hybridized carbons (Fsp3) is 0.556. The maximum absolute atomic E-state index is 12.1. The number of carbonyl (C=O) groups is 2. The number of ether oxygens (including phenoxy) is 2. The van der Waals surface area contributed by atoms with Crippen molar-refractivity contribution in [3.63, 3.8) is 0 Å². The number of esters is 1. The molecule has 1 amide bonds. The maximum atomic E-state index is 12.1. The van der Waals surface area contributed by atoms with E-state index in [-0.39, 0.29) is 12.7 Å². The molecule has 0 spiro atoms. The van der Waals surface area contributed by atoms with Crippen molar-refractivity contribution in [2.45, 2.75) is 58.3 Å². The van der Waals surface area contributed by atoms with E-state index in [0.29, 0.717) is 5.92 Å². The molecule has 5 heteroatoms. The average Bonchev–Trinajstić information content (AvgIpc) is 2.56. The molecule has 1 fully saturated rings. The van der Waals surface area contributed by atoms with Crippen molar-refractivity contribution < 1.29 is 19.1 Å². The minimum Gasteiger partial charge on any atom is -0.461 e. The van der Waals surface area contributed by atoms with E-state index in [1.54, 1.807) is 6.92 Å². The third-order valence-electron chi connectivity index (χ3n) is 4.20. The van der Waals surface area contributed by atoms with E-state index >= 15 is 0 Å². The number of rotatable bonds is 5. The Labute approximate surface area is 137 Å². The fourth-order valence-electron chi connectivity index (χ4n) is 2.71. The molecule has 1 N–H and O–H groups in total. The van der Waals surface area contributed by atoms with E-state index in [0.717, 1.165) is 24.8 Å². The van der Waals surface area contributed by atoms with E-state index in [9.17, 15) is 9.59 Å². The summed E-state index contributed by atoms with van der Waals surface area (Å²) in [4.78, 5) is 23.8. The lowest BCUT2D eigenvalue weighted by molar-refractivity contribution is -0.155. The van der Waals surface area contributed by atoms with Gasteiger partial charge in [-0.15, -0.1) is 0 Å². The lowest BCUT2D eigenvalue weighted by Gasteiger charge is -2.29. The first-order valence-electron chi connectivity index (χ1n) is 8.24. The fourth-order valence-corrected chi connectivity index (χ4v) is 2.71. The molecular formula is C18H25NO4. The molecule has 126 valence electrons. The summed E-state index contributed by atoms with van der Waals surface area (Å²) in [6, 6.07) is 8.68. The van der Waals surface area contributed by atoms with Crippen LogP contribution in [0.2, 0.25) is 0 Å². The van der Waals surface area contributed by atoms with Crippen LogP contribution in [0.1, 0.15) is 45.1 Å². The number of hydrogen-bond acceptors (Lipinski definition) is 4. The summed E-state index contributed by atoms with van der Waals surface area (Å²) in [7, 11) is 0. The molecule has 1 aliphatic rings. The molecule has 3 atom stereocenters. The summed E-state index contributed by atoms with van der Waals surface area (Å²) >= 11 is 0. The van der Waals surface area contributed by atoms with Crippen molar-refractivity contribution >= 4 is 12.1 Å². The van der Waals surface area contributed by atoms with Crippen LogP contribution >= 0.6 is 0 Å². The highest BCUT2D eigenvalue weighted by Gasteiger charge is 2.27. The maximum Gasteiger partial charge on any atom is 0.408 e. The second-order valence-electron chi connectivity index (χ2n) is 6.16. The molecule has 0 saturated heterocycles. The van der Waals surface area contributed by atoms with Crippen molar-refractivity contribution in [1.82, 2.24) is 5.32 Å². The predicted molar refractivity (Wildman–Crippen MR) is 86.7 cm³/mol. The van der Waals surface area contributed by atoms with Crippen molar-refractivity contribution in [1.29, 1.82) is 0 Å². The Morgan fingerprint density at radius 2 is 1.91 bits per heavy atom. The highest BCUT2D eigenvalue weighted by Crippen LogP contribution is 2.26. The second kappa shape index (κ2) is 8.56. The van der Waals surface area contributed by atoms with Crippen LogP contribution in [0.25, 0.3) is 0 Å². The molecular weight excluding hydrogens is 294 g/mol. The number of benzene rings is 1. The number of alkyl carbamates (subject to hydrolysis) is 1. The quantitative estimate of drug-likeness (QED) is 0.845. The SMILES string of the molecule is CC1CCCCC1OC(=O)[C@@H](C)NC(=O)OCc1ccccc1. The van der Waals surface area contributed by atoms with Gasteiger partial charge >= 0.3 is 12.1 Å². The normalized spacial score (nSPS) is 22.0. The molecule has 2 unspecified atom stereocenters. The molecule has 1 aromatic rings. The zero-order chi connectivity index (χ0) is 16.7. The average molecular weight is 319 g/mol.